The monoisotopic (exact) mass is 339 g/mol. The Hall–Kier alpha value is -1.98. The Morgan fingerprint density at radius 3 is 2.08 bits per heavy atom. The quantitative estimate of drug-likeness (QED) is 0.756. The van der Waals surface area contributed by atoms with Gasteiger partial charge in [0.1, 0.15) is 5.73 Å². The van der Waals surface area contributed by atoms with Crippen LogP contribution in [-0.2, 0) is 9.31 Å². The largest absolute Gasteiger partial charge is 0.525 e. The van der Waals surface area contributed by atoms with Crippen molar-refractivity contribution in [2.24, 2.45) is 0 Å². The average Bonchev–Trinajstić information content (AvgIpc) is 2.78. The lowest BCUT2D eigenvalue weighted by Gasteiger charge is -2.32. The van der Waals surface area contributed by atoms with Crippen LogP contribution < -0.4 is 0 Å². The molecule has 0 radical (unpaired) electrons. The summed E-state index contributed by atoms with van der Waals surface area (Å²) >= 11 is 0. The van der Waals surface area contributed by atoms with E-state index in [0.29, 0.717) is 11.1 Å². The first-order valence-corrected chi connectivity index (χ1v) is 8.44. The topological polar surface area (TPSA) is 31.4 Å². The third-order valence-corrected chi connectivity index (χ3v) is 4.99. The zero-order valence-corrected chi connectivity index (χ0v) is 15.3. The second-order valence-electron chi connectivity index (χ2n) is 7.42. The third-order valence-electron chi connectivity index (χ3n) is 4.99. The lowest BCUT2D eigenvalue weighted by atomic mass is 9.80. The normalized spacial score (nSPS) is 19.7. The van der Waals surface area contributed by atoms with Gasteiger partial charge in [-0.1, -0.05) is 35.9 Å². The van der Waals surface area contributed by atoms with Gasteiger partial charge in [-0.15, -0.1) is 0 Å². The Bertz CT molecular complexity index is 769. The standard InChI is InChI=1S/C20H23BFNO2/c1-14-8-10-15(11-9-14)17(16-7-6-12-23-13-16)18(22)21-24-19(2,3)20(4,5)25-21/h6-13H,1-5H3. The van der Waals surface area contributed by atoms with Crippen LogP contribution in [0.15, 0.2) is 54.5 Å². The van der Waals surface area contributed by atoms with Gasteiger partial charge in [-0.2, -0.15) is 0 Å². The van der Waals surface area contributed by atoms with Gasteiger partial charge in [-0.25, -0.2) is 4.39 Å². The number of benzene rings is 1. The summed E-state index contributed by atoms with van der Waals surface area (Å²) in [5.41, 5.74) is 1.40. The minimum Gasteiger partial charge on any atom is -0.398 e. The van der Waals surface area contributed by atoms with E-state index in [4.69, 9.17) is 9.31 Å². The van der Waals surface area contributed by atoms with Crippen LogP contribution in [0.1, 0.15) is 44.4 Å². The molecule has 3 nitrogen and oxygen atoms in total. The van der Waals surface area contributed by atoms with Crippen molar-refractivity contribution in [1.29, 1.82) is 0 Å². The second kappa shape index (κ2) is 6.39. The van der Waals surface area contributed by atoms with Crippen molar-refractivity contribution in [2.45, 2.75) is 45.8 Å². The van der Waals surface area contributed by atoms with Crippen LogP contribution >= 0.6 is 0 Å². The molecule has 0 spiro atoms. The van der Waals surface area contributed by atoms with Crippen LogP contribution in [0.3, 0.4) is 0 Å². The van der Waals surface area contributed by atoms with Crippen LogP contribution in [0, 0.1) is 6.92 Å². The number of hydrogen-bond donors (Lipinski definition) is 0. The zero-order valence-electron chi connectivity index (χ0n) is 15.3. The predicted molar refractivity (Wildman–Crippen MR) is 98.6 cm³/mol. The molecule has 1 aliphatic rings. The minimum atomic E-state index is -1.04. The molecule has 3 rings (SSSR count). The smallest absolute Gasteiger partial charge is 0.398 e. The van der Waals surface area contributed by atoms with E-state index in [9.17, 15) is 0 Å². The minimum absolute atomic E-state index is 0.435. The van der Waals surface area contributed by atoms with Gasteiger partial charge in [0.25, 0.3) is 0 Å². The highest BCUT2D eigenvalue weighted by Gasteiger charge is 2.53. The first kappa shape index (κ1) is 17.8. The summed E-state index contributed by atoms with van der Waals surface area (Å²) in [6.07, 6.45) is 3.32. The summed E-state index contributed by atoms with van der Waals surface area (Å²) in [5.74, 6) is 0. The average molecular weight is 339 g/mol. The van der Waals surface area contributed by atoms with Crippen molar-refractivity contribution in [3.05, 3.63) is 71.2 Å². The first-order valence-electron chi connectivity index (χ1n) is 8.44. The van der Waals surface area contributed by atoms with Gasteiger partial charge in [-0.05, 0) is 46.2 Å². The highest BCUT2D eigenvalue weighted by atomic mass is 19.1. The molecule has 2 heterocycles. The highest BCUT2D eigenvalue weighted by molar-refractivity contribution is 6.55. The molecular formula is C20H23BFNO2. The zero-order chi connectivity index (χ0) is 18.2. The molecule has 0 saturated carbocycles. The molecule has 1 aromatic heterocycles. The number of halogens is 1. The summed E-state index contributed by atoms with van der Waals surface area (Å²) in [5, 5.41) is 0. The second-order valence-corrected chi connectivity index (χ2v) is 7.42. The van der Waals surface area contributed by atoms with Gasteiger partial charge in [0.2, 0.25) is 0 Å². The fourth-order valence-electron chi connectivity index (χ4n) is 2.74. The fourth-order valence-corrected chi connectivity index (χ4v) is 2.74. The van der Waals surface area contributed by atoms with E-state index < -0.39 is 24.0 Å². The number of rotatable bonds is 3. The van der Waals surface area contributed by atoms with E-state index >= 15 is 4.39 Å². The maximum Gasteiger partial charge on any atom is 0.525 e. The molecule has 0 bridgehead atoms. The summed E-state index contributed by atoms with van der Waals surface area (Å²) in [7, 11) is -1.04. The molecule has 0 unspecified atom stereocenters. The van der Waals surface area contributed by atoms with Gasteiger partial charge in [0.05, 0.1) is 11.2 Å². The first-order chi connectivity index (χ1) is 11.7. The molecule has 1 fully saturated rings. The molecule has 1 aromatic carbocycles. The number of hydrogen-bond acceptors (Lipinski definition) is 3. The Morgan fingerprint density at radius 1 is 0.960 bits per heavy atom. The Balaban J connectivity index is 2.11. The van der Waals surface area contributed by atoms with Crippen molar-refractivity contribution in [2.75, 3.05) is 0 Å². The molecule has 25 heavy (non-hydrogen) atoms. The number of aryl methyl sites for hydroxylation is 1. The van der Waals surface area contributed by atoms with Crippen molar-refractivity contribution in [3.8, 4) is 0 Å². The van der Waals surface area contributed by atoms with Crippen LogP contribution in [0.25, 0.3) is 5.57 Å². The SMILES string of the molecule is Cc1ccc(C(=C(F)B2OC(C)(C)C(C)(C)O2)c2cccnc2)cc1. The third kappa shape index (κ3) is 3.39. The molecule has 2 aromatic rings. The van der Waals surface area contributed by atoms with Gasteiger partial charge in [-0.3, -0.25) is 4.98 Å². The fraction of sp³-hybridized carbons (Fsp3) is 0.350. The maximum atomic E-state index is 15.5. The van der Waals surface area contributed by atoms with Gasteiger partial charge in [0, 0.05) is 23.5 Å². The summed E-state index contributed by atoms with van der Waals surface area (Å²) < 4.78 is 27.3. The molecule has 1 saturated heterocycles. The molecule has 5 heteroatoms. The Kier molecular flexibility index (Phi) is 4.56. The van der Waals surface area contributed by atoms with E-state index in [1.54, 1.807) is 18.5 Å². The molecule has 0 aliphatic carbocycles. The molecule has 1 aliphatic heterocycles. The van der Waals surface area contributed by atoms with Crippen LogP contribution in [-0.4, -0.2) is 23.3 Å². The Labute approximate surface area is 149 Å². The number of aromatic nitrogens is 1. The van der Waals surface area contributed by atoms with E-state index in [2.05, 4.69) is 4.98 Å². The van der Waals surface area contributed by atoms with Crippen LogP contribution in [0.2, 0.25) is 0 Å². The van der Waals surface area contributed by atoms with E-state index in [1.807, 2.05) is 65.0 Å². The van der Waals surface area contributed by atoms with E-state index in [0.717, 1.165) is 11.1 Å². The predicted octanol–water partition coefficient (Wildman–Crippen LogP) is 4.75. The summed E-state index contributed by atoms with van der Waals surface area (Å²) in [6.45, 7) is 9.65. The summed E-state index contributed by atoms with van der Waals surface area (Å²) in [4.78, 5) is 4.13. The molecule has 0 amide bonds. The van der Waals surface area contributed by atoms with Crippen molar-refractivity contribution in [1.82, 2.24) is 4.98 Å². The van der Waals surface area contributed by atoms with E-state index in [-0.39, 0.29) is 0 Å². The molecule has 0 atom stereocenters. The van der Waals surface area contributed by atoms with Gasteiger partial charge < -0.3 is 9.31 Å². The van der Waals surface area contributed by atoms with E-state index in [1.165, 1.54) is 0 Å². The van der Waals surface area contributed by atoms with Crippen molar-refractivity contribution >= 4 is 12.7 Å². The maximum absolute atomic E-state index is 15.5. The molecule has 130 valence electrons. The molecule has 0 N–H and O–H groups in total. The van der Waals surface area contributed by atoms with Gasteiger partial charge in [0.15, 0.2) is 0 Å². The van der Waals surface area contributed by atoms with Crippen molar-refractivity contribution in [3.63, 3.8) is 0 Å². The van der Waals surface area contributed by atoms with Crippen molar-refractivity contribution < 1.29 is 13.7 Å². The number of pyridine rings is 1. The summed E-state index contributed by atoms with van der Waals surface area (Å²) in [6, 6.07) is 11.4. The Morgan fingerprint density at radius 2 is 1.56 bits per heavy atom. The van der Waals surface area contributed by atoms with Crippen LogP contribution in [0.4, 0.5) is 4.39 Å². The lowest BCUT2D eigenvalue weighted by molar-refractivity contribution is 0.00578. The number of nitrogens with zero attached hydrogens (tertiary/aromatic N) is 1. The lowest BCUT2D eigenvalue weighted by Crippen LogP contribution is -2.41. The van der Waals surface area contributed by atoms with Crippen LogP contribution in [0.5, 0.6) is 0 Å². The van der Waals surface area contributed by atoms with Gasteiger partial charge >= 0.3 is 7.12 Å². The highest BCUT2D eigenvalue weighted by Crippen LogP contribution is 2.41. The molecular weight excluding hydrogens is 316 g/mol.